The second-order valence-corrected chi connectivity index (χ2v) is 6.20. The van der Waals surface area contributed by atoms with E-state index in [0.717, 1.165) is 30.6 Å². The van der Waals surface area contributed by atoms with Gasteiger partial charge in [-0.2, -0.15) is 0 Å². The first-order chi connectivity index (χ1) is 8.19. The molecule has 0 aliphatic heterocycles. The van der Waals surface area contributed by atoms with Gasteiger partial charge in [0.1, 0.15) is 5.60 Å². The van der Waals surface area contributed by atoms with Gasteiger partial charge >= 0.3 is 0 Å². The molecule has 0 aromatic heterocycles. The molecule has 0 aromatic carbocycles. The first kappa shape index (κ1) is 13.0. The lowest BCUT2D eigenvalue weighted by Crippen LogP contribution is -2.37. The minimum Gasteiger partial charge on any atom is -0.366 e. The monoisotopic (exact) mass is 234 g/mol. The molecular weight excluding hydrogens is 208 g/mol. The van der Waals surface area contributed by atoms with Crippen LogP contribution in [0.25, 0.3) is 0 Å². The van der Waals surface area contributed by atoms with Gasteiger partial charge in [0.25, 0.3) is 0 Å². The van der Waals surface area contributed by atoms with Crippen molar-refractivity contribution >= 4 is 0 Å². The lowest BCUT2D eigenvalue weighted by Gasteiger charge is -2.40. The van der Waals surface area contributed by atoms with Crippen molar-refractivity contribution in [1.82, 2.24) is 0 Å². The van der Waals surface area contributed by atoms with Crippen LogP contribution >= 0.6 is 0 Å². The van der Waals surface area contributed by atoms with Crippen molar-refractivity contribution in [3.05, 3.63) is 0 Å². The maximum Gasteiger partial charge on any atom is 0.128 e. The zero-order chi connectivity index (χ0) is 12.3. The predicted octanol–water partition coefficient (Wildman–Crippen LogP) is 4.02. The SMILES string of the molecule is C#CC1(OC)CCC(C2CCC(C)CC2)CC1. The van der Waals surface area contributed by atoms with Gasteiger partial charge < -0.3 is 4.74 Å². The molecule has 0 saturated heterocycles. The van der Waals surface area contributed by atoms with Crippen LogP contribution < -0.4 is 0 Å². The van der Waals surface area contributed by atoms with Crippen LogP contribution in [0.1, 0.15) is 58.3 Å². The topological polar surface area (TPSA) is 9.23 Å². The van der Waals surface area contributed by atoms with E-state index in [1.54, 1.807) is 7.11 Å². The average Bonchev–Trinajstić information content (AvgIpc) is 2.40. The Kier molecular flexibility index (Phi) is 4.15. The lowest BCUT2D eigenvalue weighted by molar-refractivity contribution is -0.0122. The van der Waals surface area contributed by atoms with Crippen LogP contribution in [0.5, 0.6) is 0 Å². The predicted molar refractivity (Wildman–Crippen MR) is 71.7 cm³/mol. The molecule has 0 atom stereocenters. The highest BCUT2D eigenvalue weighted by atomic mass is 16.5. The average molecular weight is 234 g/mol. The quantitative estimate of drug-likeness (QED) is 0.656. The van der Waals surface area contributed by atoms with Crippen LogP contribution in [0.15, 0.2) is 0 Å². The third-order valence-corrected chi connectivity index (χ3v) is 5.22. The van der Waals surface area contributed by atoms with E-state index in [0.29, 0.717) is 0 Å². The van der Waals surface area contributed by atoms with E-state index in [1.807, 2.05) is 0 Å². The van der Waals surface area contributed by atoms with Gasteiger partial charge in [0.15, 0.2) is 0 Å². The Bertz CT molecular complexity index is 272. The van der Waals surface area contributed by atoms with E-state index < -0.39 is 0 Å². The number of rotatable bonds is 2. The van der Waals surface area contributed by atoms with Gasteiger partial charge in [0.2, 0.25) is 0 Å². The van der Waals surface area contributed by atoms with Crippen molar-refractivity contribution < 1.29 is 4.74 Å². The molecular formula is C16H26O. The fraction of sp³-hybridized carbons (Fsp3) is 0.875. The van der Waals surface area contributed by atoms with Crippen molar-refractivity contribution in [3.8, 4) is 12.3 Å². The second-order valence-electron chi connectivity index (χ2n) is 6.20. The summed E-state index contributed by atoms with van der Waals surface area (Å²) in [5, 5.41) is 0. The molecule has 2 rings (SSSR count). The number of ether oxygens (including phenoxy) is 1. The zero-order valence-corrected chi connectivity index (χ0v) is 11.4. The molecule has 0 heterocycles. The first-order valence-corrected chi connectivity index (χ1v) is 7.22. The largest absolute Gasteiger partial charge is 0.366 e. The molecule has 0 amide bonds. The summed E-state index contributed by atoms with van der Waals surface area (Å²) in [7, 11) is 1.77. The smallest absolute Gasteiger partial charge is 0.128 e. The molecule has 1 nitrogen and oxygen atoms in total. The van der Waals surface area contributed by atoms with Crippen molar-refractivity contribution in [3.63, 3.8) is 0 Å². The molecule has 17 heavy (non-hydrogen) atoms. The molecule has 0 radical (unpaired) electrons. The fourth-order valence-corrected chi connectivity index (χ4v) is 3.74. The Balaban J connectivity index is 1.85. The molecule has 2 fully saturated rings. The highest BCUT2D eigenvalue weighted by Crippen LogP contribution is 2.43. The van der Waals surface area contributed by atoms with Crippen LogP contribution in [0.2, 0.25) is 0 Å². The van der Waals surface area contributed by atoms with E-state index in [-0.39, 0.29) is 5.60 Å². The summed E-state index contributed by atoms with van der Waals surface area (Å²) >= 11 is 0. The summed E-state index contributed by atoms with van der Waals surface area (Å²) in [5.74, 6) is 5.72. The molecule has 2 saturated carbocycles. The van der Waals surface area contributed by atoms with E-state index in [9.17, 15) is 0 Å². The van der Waals surface area contributed by atoms with E-state index in [1.165, 1.54) is 38.5 Å². The van der Waals surface area contributed by atoms with E-state index in [2.05, 4.69) is 12.8 Å². The summed E-state index contributed by atoms with van der Waals surface area (Å²) in [5.41, 5.74) is -0.238. The molecule has 0 aromatic rings. The van der Waals surface area contributed by atoms with Crippen LogP contribution in [0.3, 0.4) is 0 Å². The Hall–Kier alpha value is -0.480. The molecule has 2 aliphatic carbocycles. The van der Waals surface area contributed by atoms with Gasteiger partial charge in [0, 0.05) is 7.11 Å². The second kappa shape index (κ2) is 5.44. The van der Waals surface area contributed by atoms with Crippen LogP contribution in [0.4, 0.5) is 0 Å². The summed E-state index contributed by atoms with van der Waals surface area (Å²) in [6, 6.07) is 0. The highest BCUT2D eigenvalue weighted by Gasteiger charge is 2.36. The standard InChI is InChI=1S/C16H26O/c1-4-16(17-3)11-9-15(10-12-16)14-7-5-13(2)6-8-14/h1,13-15H,5-12H2,2-3H3. The third kappa shape index (κ3) is 2.86. The molecule has 0 bridgehead atoms. The summed E-state index contributed by atoms with van der Waals surface area (Å²) < 4.78 is 5.54. The molecule has 0 unspecified atom stereocenters. The maximum absolute atomic E-state index is 5.62. The van der Waals surface area contributed by atoms with E-state index in [4.69, 9.17) is 11.2 Å². The van der Waals surface area contributed by atoms with Gasteiger partial charge in [0.05, 0.1) is 0 Å². The Morgan fingerprint density at radius 2 is 1.53 bits per heavy atom. The van der Waals surface area contributed by atoms with Crippen LogP contribution in [-0.4, -0.2) is 12.7 Å². The first-order valence-electron chi connectivity index (χ1n) is 7.22. The van der Waals surface area contributed by atoms with Gasteiger partial charge in [-0.3, -0.25) is 0 Å². The number of methoxy groups -OCH3 is 1. The number of terminal acetylenes is 1. The summed E-state index contributed by atoms with van der Waals surface area (Å²) in [6.45, 7) is 2.39. The number of hydrogen-bond acceptors (Lipinski definition) is 1. The van der Waals surface area contributed by atoms with Gasteiger partial charge in [-0.25, -0.2) is 0 Å². The van der Waals surface area contributed by atoms with Crippen LogP contribution in [0, 0.1) is 30.1 Å². The molecule has 0 spiro atoms. The van der Waals surface area contributed by atoms with Crippen molar-refractivity contribution in [2.45, 2.75) is 63.9 Å². The molecule has 2 aliphatic rings. The van der Waals surface area contributed by atoms with Crippen molar-refractivity contribution in [1.29, 1.82) is 0 Å². The van der Waals surface area contributed by atoms with Gasteiger partial charge in [-0.15, -0.1) is 6.42 Å². The Labute approximate surface area is 106 Å². The summed E-state index contributed by atoms with van der Waals surface area (Å²) in [6.07, 6.45) is 16.1. The lowest BCUT2D eigenvalue weighted by atomic mass is 9.68. The third-order valence-electron chi connectivity index (χ3n) is 5.22. The zero-order valence-electron chi connectivity index (χ0n) is 11.4. The van der Waals surface area contributed by atoms with Crippen LogP contribution in [-0.2, 0) is 4.74 Å². The van der Waals surface area contributed by atoms with Crippen molar-refractivity contribution in [2.75, 3.05) is 7.11 Å². The van der Waals surface area contributed by atoms with Crippen molar-refractivity contribution in [2.24, 2.45) is 17.8 Å². The normalized spacial score (nSPS) is 43.0. The summed E-state index contributed by atoms with van der Waals surface area (Å²) in [4.78, 5) is 0. The van der Waals surface area contributed by atoms with Gasteiger partial charge in [-0.05, 0) is 56.3 Å². The molecule has 0 N–H and O–H groups in total. The van der Waals surface area contributed by atoms with E-state index >= 15 is 0 Å². The Morgan fingerprint density at radius 3 is 2.00 bits per heavy atom. The van der Waals surface area contributed by atoms with Gasteiger partial charge in [-0.1, -0.05) is 25.7 Å². The fourth-order valence-electron chi connectivity index (χ4n) is 3.74. The number of hydrogen-bond donors (Lipinski definition) is 0. The Morgan fingerprint density at radius 1 is 1.00 bits per heavy atom. The minimum atomic E-state index is -0.238. The molecule has 96 valence electrons. The highest BCUT2D eigenvalue weighted by molar-refractivity contribution is 5.10. The maximum atomic E-state index is 5.62. The molecule has 1 heteroatoms. The minimum absolute atomic E-state index is 0.238.